The van der Waals surface area contributed by atoms with E-state index >= 15 is 0 Å². The molecule has 1 heteroatoms. The molecule has 2 fully saturated rings. The summed E-state index contributed by atoms with van der Waals surface area (Å²) in [6.07, 6.45) is 15.3. The van der Waals surface area contributed by atoms with Gasteiger partial charge in [-0.15, -0.1) is 0 Å². The van der Waals surface area contributed by atoms with Crippen molar-refractivity contribution in [1.82, 2.24) is 0 Å². The van der Waals surface area contributed by atoms with E-state index in [0.29, 0.717) is 0 Å². The van der Waals surface area contributed by atoms with Crippen LogP contribution < -0.4 is 0 Å². The standard InChI is InChI=1S/C16H22O/c1-3-13-5-11(1)7-15(13)9-17-10-16-8-12-2-4-14(16)6-12/h1-4,11-16H,5-10H2/t11-,12+,13+,14-,15+,16-. The van der Waals surface area contributed by atoms with Gasteiger partial charge < -0.3 is 4.74 Å². The zero-order valence-electron chi connectivity index (χ0n) is 10.4. The molecule has 4 aliphatic rings. The Balaban J connectivity index is 1.24. The zero-order valence-corrected chi connectivity index (χ0v) is 10.4. The predicted octanol–water partition coefficient (Wildman–Crippen LogP) is 3.43. The van der Waals surface area contributed by atoms with Crippen LogP contribution in [-0.2, 0) is 4.74 Å². The van der Waals surface area contributed by atoms with Crippen LogP contribution in [0.1, 0.15) is 25.7 Å². The van der Waals surface area contributed by atoms with Crippen LogP contribution in [0.5, 0.6) is 0 Å². The fourth-order valence-corrected chi connectivity index (χ4v) is 4.54. The highest BCUT2D eigenvalue weighted by Crippen LogP contribution is 2.45. The summed E-state index contributed by atoms with van der Waals surface area (Å²) in [4.78, 5) is 0. The number of ether oxygens (including phenoxy) is 1. The van der Waals surface area contributed by atoms with E-state index in [2.05, 4.69) is 24.3 Å². The first-order valence-corrected chi connectivity index (χ1v) is 7.33. The van der Waals surface area contributed by atoms with Gasteiger partial charge in [-0.1, -0.05) is 24.3 Å². The molecule has 0 N–H and O–H groups in total. The van der Waals surface area contributed by atoms with Gasteiger partial charge >= 0.3 is 0 Å². The summed E-state index contributed by atoms with van der Waals surface area (Å²) in [5.74, 6) is 5.14. The van der Waals surface area contributed by atoms with Crippen molar-refractivity contribution in [3.63, 3.8) is 0 Å². The molecular formula is C16H22O. The van der Waals surface area contributed by atoms with Crippen LogP contribution in [0.3, 0.4) is 0 Å². The second-order valence-electron chi connectivity index (χ2n) is 6.62. The molecule has 17 heavy (non-hydrogen) atoms. The van der Waals surface area contributed by atoms with Gasteiger partial charge in [0.15, 0.2) is 0 Å². The molecule has 0 aliphatic heterocycles. The maximum Gasteiger partial charge on any atom is 0.0500 e. The molecule has 0 aromatic carbocycles. The number of rotatable bonds is 4. The van der Waals surface area contributed by atoms with Crippen LogP contribution in [0, 0.1) is 35.5 Å². The molecule has 2 saturated carbocycles. The van der Waals surface area contributed by atoms with Crippen molar-refractivity contribution in [3.05, 3.63) is 24.3 Å². The second-order valence-corrected chi connectivity index (χ2v) is 6.62. The lowest BCUT2D eigenvalue weighted by Crippen LogP contribution is -2.20. The number of hydrogen-bond acceptors (Lipinski definition) is 1. The molecule has 0 unspecified atom stereocenters. The van der Waals surface area contributed by atoms with Crippen LogP contribution in [-0.4, -0.2) is 13.2 Å². The minimum absolute atomic E-state index is 0.833. The SMILES string of the molecule is C1=C[C@@H]2C[C@H]1C[C@@H]2COC[C@@H]1C[C@@H]2C=C[C@H]1C2. The molecule has 0 aromatic rings. The van der Waals surface area contributed by atoms with Crippen LogP contribution in [0.2, 0.25) is 0 Å². The third-order valence-electron chi connectivity index (χ3n) is 5.50. The van der Waals surface area contributed by atoms with Gasteiger partial charge in [0.1, 0.15) is 0 Å². The Kier molecular flexibility index (Phi) is 2.43. The van der Waals surface area contributed by atoms with Gasteiger partial charge in [-0.3, -0.25) is 0 Å². The highest BCUT2D eigenvalue weighted by atomic mass is 16.5. The molecule has 4 rings (SSSR count). The van der Waals surface area contributed by atoms with Crippen molar-refractivity contribution in [2.75, 3.05) is 13.2 Å². The van der Waals surface area contributed by atoms with E-state index in [1.165, 1.54) is 25.7 Å². The maximum absolute atomic E-state index is 6.04. The van der Waals surface area contributed by atoms with Gasteiger partial charge in [-0.2, -0.15) is 0 Å². The quantitative estimate of drug-likeness (QED) is 0.672. The Bertz CT molecular complexity index is 323. The first-order chi connectivity index (χ1) is 8.38. The minimum Gasteiger partial charge on any atom is -0.381 e. The Morgan fingerprint density at radius 2 is 1.24 bits per heavy atom. The molecular weight excluding hydrogens is 208 g/mol. The molecule has 0 spiro atoms. The Hall–Kier alpha value is -0.560. The first kappa shape index (κ1) is 10.4. The van der Waals surface area contributed by atoms with E-state index in [4.69, 9.17) is 4.74 Å². The van der Waals surface area contributed by atoms with Gasteiger partial charge in [0, 0.05) is 13.2 Å². The van der Waals surface area contributed by atoms with Crippen LogP contribution >= 0.6 is 0 Å². The van der Waals surface area contributed by atoms with Crippen molar-refractivity contribution in [2.24, 2.45) is 35.5 Å². The lowest BCUT2D eigenvalue weighted by molar-refractivity contribution is 0.0579. The topological polar surface area (TPSA) is 9.23 Å². The molecule has 92 valence electrons. The molecule has 4 bridgehead atoms. The molecule has 4 aliphatic carbocycles. The maximum atomic E-state index is 6.04. The van der Waals surface area contributed by atoms with Crippen molar-refractivity contribution < 1.29 is 4.74 Å². The van der Waals surface area contributed by atoms with Crippen molar-refractivity contribution in [1.29, 1.82) is 0 Å². The van der Waals surface area contributed by atoms with E-state index in [1.807, 2.05) is 0 Å². The smallest absolute Gasteiger partial charge is 0.0500 e. The Labute approximate surface area is 104 Å². The van der Waals surface area contributed by atoms with Crippen LogP contribution in [0.15, 0.2) is 24.3 Å². The Morgan fingerprint density at radius 3 is 1.59 bits per heavy atom. The third kappa shape index (κ3) is 1.79. The van der Waals surface area contributed by atoms with E-state index in [-0.39, 0.29) is 0 Å². The molecule has 0 heterocycles. The first-order valence-electron chi connectivity index (χ1n) is 7.33. The summed E-state index contributed by atoms with van der Waals surface area (Å²) < 4.78 is 6.04. The van der Waals surface area contributed by atoms with Crippen molar-refractivity contribution in [2.45, 2.75) is 25.7 Å². The van der Waals surface area contributed by atoms with Crippen LogP contribution in [0.4, 0.5) is 0 Å². The highest BCUT2D eigenvalue weighted by Gasteiger charge is 2.37. The molecule has 6 atom stereocenters. The lowest BCUT2D eigenvalue weighted by atomic mass is 9.93. The van der Waals surface area contributed by atoms with Gasteiger partial charge in [0.05, 0.1) is 0 Å². The number of allylic oxidation sites excluding steroid dienone is 4. The van der Waals surface area contributed by atoms with E-state index in [9.17, 15) is 0 Å². The fraction of sp³-hybridized carbons (Fsp3) is 0.750. The van der Waals surface area contributed by atoms with Gasteiger partial charge in [-0.25, -0.2) is 0 Å². The predicted molar refractivity (Wildman–Crippen MR) is 68.5 cm³/mol. The summed E-state index contributed by atoms with van der Waals surface area (Å²) in [6, 6.07) is 0. The monoisotopic (exact) mass is 230 g/mol. The number of fused-ring (bicyclic) bond motifs is 4. The average Bonchev–Trinajstić information content (AvgIpc) is 3.09. The third-order valence-corrected chi connectivity index (χ3v) is 5.50. The lowest BCUT2D eigenvalue weighted by Gasteiger charge is -2.22. The highest BCUT2D eigenvalue weighted by molar-refractivity contribution is 5.11. The van der Waals surface area contributed by atoms with Gasteiger partial charge in [-0.05, 0) is 61.2 Å². The van der Waals surface area contributed by atoms with Crippen LogP contribution in [0.25, 0.3) is 0 Å². The Morgan fingerprint density at radius 1 is 0.706 bits per heavy atom. The summed E-state index contributed by atoms with van der Waals surface area (Å²) in [5.41, 5.74) is 0. The largest absolute Gasteiger partial charge is 0.381 e. The fourth-order valence-electron chi connectivity index (χ4n) is 4.54. The average molecular weight is 230 g/mol. The summed E-state index contributed by atoms with van der Waals surface area (Å²) in [6.45, 7) is 2.03. The molecule has 0 saturated heterocycles. The van der Waals surface area contributed by atoms with E-state index in [1.54, 1.807) is 0 Å². The summed E-state index contributed by atoms with van der Waals surface area (Å²) in [7, 11) is 0. The van der Waals surface area contributed by atoms with E-state index in [0.717, 1.165) is 48.7 Å². The zero-order chi connectivity index (χ0) is 11.2. The van der Waals surface area contributed by atoms with Gasteiger partial charge in [0.2, 0.25) is 0 Å². The minimum atomic E-state index is 0.833. The number of hydrogen-bond donors (Lipinski definition) is 0. The molecule has 0 aromatic heterocycles. The molecule has 1 nitrogen and oxygen atoms in total. The molecule has 0 radical (unpaired) electrons. The van der Waals surface area contributed by atoms with Crippen molar-refractivity contribution >= 4 is 0 Å². The van der Waals surface area contributed by atoms with Crippen molar-refractivity contribution in [3.8, 4) is 0 Å². The summed E-state index contributed by atoms with van der Waals surface area (Å²) >= 11 is 0. The van der Waals surface area contributed by atoms with E-state index < -0.39 is 0 Å². The second kappa shape index (κ2) is 3.98. The van der Waals surface area contributed by atoms with Gasteiger partial charge in [0.25, 0.3) is 0 Å². The normalized spacial score (nSPS) is 49.6. The summed E-state index contributed by atoms with van der Waals surface area (Å²) in [5, 5.41) is 0. The molecule has 0 amide bonds.